The summed E-state index contributed by atoms with van der Waals surface area (Å²) in [5.41, 5.74) is 0.826. The zero-order valence-electron chi connectivity index (χ0n) is 10.6. The first-order chi connectivity index (χ1) is 9.31. The number of benzene rings is 1. The summed E-state index contributed by atoms with van der Waals surface area (Å²) in [5.74, 6) is 1.70. The number of halogens is 1. The van der Waals surface area contributed by atoms with Crippen LogP contribution in [0.25, 0.3) is 0 Å². The Morgan fingerprint density at radius 1 is 1.16 bits per heavy atom. The summed E-state index contributed by atoms with van der Waals surface area (Å²) in [4.78, 5) is 6.62. The van der Waals surface area contributed by atoms with Crippen LogP contribution in [0.5, 0.6) is 0 Å². The second kappa shape index (κ2) is 5.49. The van der Waals surface area contributed by atoms with Gasteiger partial charge in [0.1, 0.15) is 5.76 Å². The van der Waals surface area contributed by atoms with Gasteiger partial charge in [-0.1, -0.05) is 17.7 Å². The van der Waals surface area contributed by atoms with Gasteiger partial charge in [0, 0.05) is 24.2 Å². The molecule has 0 radical (unpaired) electrons. The second-order valence-corrected chi connectivity index (χ2v) is 5.04. The average Bonchev–Trinajstić information content (AvgIpc) is 3.07. The van der Waals surface area contributed by atoms with Crippen LogP contribution in [0.3, 0.4) is 0 Å². The lowest BCUT2D eigenvalue weighted by molar-refractivity contribution is 0.550. The Bertz CT molecular complexity index is 585. The average molecular weight is 275 g/mol. The zero-order valence-corrected chi connectivity index (χ0v) is 11.3. The number of hydrogen-bond acceptors (Lipinski definition) is 3. The lowest BCUT2D eigenvalue weighted by Gasteiger charge is -2.12. The first kappa shape index (κ1) is 12.3. The van der Waals surface area contributed by atoms with Crippen LogP contribution in [0.2, 0.25) is 5.02 Å². The number of hydrogen-bond donors (Lipinski definition) is 0. The molecule has 3 rings (SSSR count). The topological polar surface area (TPSA) is 28.7 Å². The Morgan fingerprint density at radius 2 is 2.00 bits per heavy atom. The number of anilines is 1. The van der Waals surface area contributed by atoms with Gasteiger partial charge in [0.2, 0.25) is 0 Å². The van der Waals surface area contributed by atoms with E-state index in [1.54, 1.807) is 6.21 Å². The predicted molar refractivity (Wildman–Crippen MR) is 78.9 cm³/mol. The van der Waals surface area contributed by atoms with E-state index < -0.39 is 0 Å². The minimum atomic E-state index is 0.687. The maximum Gasteiger partial charge on any atom is 0.196 e. The van der Waals surface area contributed by atoms with Crippen molar-refractivity contribution in [1.82, 2.24) is 0 Å². The quantitative estimate of drug-likeness (QED) is 0.782. The molecule has 0 amide bonds. The van der Waals surface area contributed by atoms with E-state index in [4.69, 9.17) is 16.0 Å². The summed E-state index contributed by atoms with van der Waals surface area (Å²) < 4.78 is 5.76. The molecule has 1 fully saturated rings. The highest BCUT2D eigenvalue weighted by Crippen LogP contribution is 2.23. The van der Waals surface area contributed by atoms with E-state index in [1.165, 1.54) is 12.8 Å². The normalized spacial score (nSPS) is 15.5. The van der Waals surface area contributed by atoms with Gasteiger partial charge in [-0.25, -0.2) is 0 Å². The highest BCUT2D eigenvalue weighted by atomic mass is 35.5. The number of furan rings is 1. The Hall–Kier alpha value is -1.74. The molecule has 19 heavy (non-hydrogen) atoms. The van der Waals surface area contributed by atoms with Crippen molar-refractivity contribution in [2.24, 2.45) is 4.99 Å². The van der Waals surface area contributed by atoms with Crippen LogP contribution >= 0.6 is 11.6 Å². The molecule has 1 aromatic carbocycles. The van der Waals surface area contributed by atoms with Crippen molar-refractivity contribution in [2.75, 3.05) is 18.0 Å². The molecule has 1 aliphatic heterocycles. The molecule has 0 aliphatic carbocycles. The Kier molecular flexibility index (Phi) is 3.56. The molecule has 0 N–H and O–H groups in total. The molecule has 3 nitrogen and oxygen atoms in total. The van der Waals surface area contributed by atoms with Gasteiger partial charge >= 0.3 is 0 Å². The van der Waals surface area contributed by atoms with Gasteiger partial charge < -0.3 is 9.32 Å². The smallest absolute Gasteiger partial charge is 0.196 e. The molecule has 0 spiro atoms. The van der Waals surface area contributed by atoms with Crippen molar-refractivity contribution in [3.63, 3.8) is 0 Å². The second-order valence-electron chi connectivity index (χ2n) is 4.61. The predicted octanol–water partition coefficient (Wildman–Crippen LogP) is 4.28. The van der Waals surface area contributed by atoms with Gasteiger partial charge in [0.25, 0.3) is 0 Å². The Morgan fingerprint density at radius 3 is 2.79 bits per heavy atom. The SMILES string of the molecule is Clc1cccc(N=Cc2ccc(N3CCCC3)o2)c1. The molecule has 1 saturated heterocycles. The third kappa shape index (κ3) is 2.99. The molecular weight excluding hydrogens is 260 g/mol. The minimum absolute atomic E-state index is 0.687. The van der Waals surface area contributed by atoms with Crippen LogP contribution in [-0.4, -0.2) is 19.3 Å². The summed E-state index contributed by atoms with van der Waals surface area (Å²) in [6.07, 6.45) is 4.21. The van der Waals surface area contributed by atoms with Crippen molar-refractivity contribution in [2.45, 2.75) is 12.8 Å². The molecule has 0 saturated carbocycles. The molecule has 0 unspecified atom stereocenters. The van der Waals surface area contributed by atoms with E-state index in [0.717, 1.165) is 30.4 Å². The van der Waals surface area contributed by atoms with Crippen molar-refractivity contribution in [1.29, 1.82) is 0 Å². The fourth-order valence-corrected chi connectivity index (χ4v) is 2.40. The van der Waals surface area contributed by atoms with Crippen molar-refractivity contribution >= 4 is 29.4 Å². The molecule has 0 bridgehead atoms. The van der Waals surface area contributed by atoms with Crippen molar-refractivity contribution in [3.8, 4) is 0 Å². The van der Waals surface area contributed by atoms with Crippen LogP contribution in [0.15, 0.2) is 45.8 Å². The van der Waals surface area contributed by atoms with Gasteiger partial charge in [-0.3, -0.25) is 4.99 Å². The monoisotopic (exact) mass is 274 g/mol. The van der Waals surface area contributed by atoms with E-state index in [-0.39, 0.29) is 0 Å². The first-order valence-electron chi connectivity index (χ1n) is 6.46. The van der Waals surface area contributed by atoms with Crippen LogP contribution in [-0.2, 0) is 0 Å². The highest BCUT2D eigenvalue weighted by molar-refractivity contribution is 6.30. The van der Waals surface area contributed by atoms with Crippen LogP contribution < -0.4 is 4.90 Å². The maximum atomic E-state index is 5.91. The molecule has 1 aromatic heterocycles. The molecule has 0 atom stereocenters. The summed E-state index contributed by atoms with van der Waals surface area (Å²) in [5, 5.41) is 0.687. The maximum absolute atomic E-state index is 5.91. The van der Waals surface area contributed by atoms with E-state index in [0.29, 0.717) is 5.02 Å². The standard InChI is InChI=1S/C15H15ClN2O/c16-12-4-3-5-13(10-12)17-11-14-6-7-15(19-14)18-8-1-2-9-18/h3-7,10-11H,1-2,8-9H2. The third-order valence-electron chi connectivity index (χ3n) is 3.18. The molecular formula is C15H15ClN2O. The molecule has 4 heteroatoms. The van der Waals surface area contributed by atoms with Gasteiger partial charge in [-0.2, -0.15) is 0 Å². The largest absolute Gasteiger partial charge is 0.440 e. The fourth-order valence-electron chi connectivity index (χ4n) is 2.21. The van der Waals surface area contributed by atoms with E-state index >= 15 is 0 Å². The lowest BCUT2D eigenvalue weighted by Crippen LogP contribution is -2.16. The molecule has 98 valence electrons. The molecule has 2 aromatic rings. The van der Waals surface area contributed by atoms with Gasteiger partial charge in [0.05, 0.1) is 11.9 Å². The summed E-state index contributed by atoms with van der Waals surface area (Å²) in [6.45, 7) is 2.16. The van der Waals surface area contributed by atoms with Gasteiger partial charge in [0.15, 0.2) is 5.88 Å². The van der Waals surface area contributed by atoms with Crippen molar-refractivity contribution < 1.29 is 4.42 Å². The zero-order chi connectivity index (χ0) is 13.1. The first-order valence-corrected chi connectivity index (χ1v) is 6.83. The number of nitrogens with zero attached hydrogens (tertiary/aromatic N) is 2. The van der Waals surface area contributed by atoms with Gasteiger partial charge in [-0.15, -0.1) is 0 Å². The van der Waals surface area contributed by atoms with Crippen LogP contribution in [0.1, 0.15) is 18.6 Å². The summed E-state index contributed by atoms with van der Waals surface area (Å²) in [7, 11) is 0. The highest BCUT2D eigenvalue weighted by Gasteiger charge is 2.14. The Balaban J connectivity index is 1.73. The third-order valence-corrected chi connectivity index (χ3v) is 3.41. The van der Waals surface area contributed by atoms with E-state index in [1.807, 2.05) is 36.4 Å². The lowest BCUT2D eigenvalue weighted by atomic mass is 10.3. The molecule has 1 aliphatic rings. The van der Waals surface area contributed by atoms with E-state index in [9.17, 15) is 0 Å². The Labute approximate surface area is 117 Å². The van der Waals surface area contributed by atoms with Crippen molar-refractivity contribution in [3.05, 3.63) is 47.2 Å². The van der Waals surface area contributed by atoms with Gasteiger partial charge in [-0.05, 0) is 37.1 Å². The van der Waals surface area contributed by atoms with Crippen LogP contribution in [0.4, 0.5) is 11.6 Å². The van der Waals surface area contributed by atoms with Crippen LogP contribution in [0, 0.1) is 0 Å². The summed E-state index contributed by atoms with van der Waals surface area (Å²) in [6, 6.07) is 11.4. The number of rotatable bonds is 3. The minimum Gasteiger partial charge on any atom is -0.440 e. The fraction of sp³-hybridized carbons (Fsp3) is 0.267. The number of aliphatic imine (C=N–C) groups is 1. The van der Waals surface area contributed by atoms with E-state index in [2.05, 4.69) is 9.89 Å². The summed E-state index contributed by atoms with van der Waals surface area (Å²) >= 11 is 5.91. The molecule has 2 heterocycles.